The number of amides is 3. The van der Waals surface area contributed by atoms with E-state index in [-0.39, 0.29) is 18.5 Å². The smallest absolute Gasteiger partial charge is 0.378 e. The van der Waals surface area contributed by atoms with E-state index in [0.29, 0.717) is 38.1 Å². The largest absolute Gasteiger partial charge is 0.416 e. The Hall–Kier alpha value is -2.55. The number of nitrogens with zero attached hydrogens (tertiary/aromatic N) is 6. The molecular weight excluding hydrogens is 336 g/mol. The van der Waals surface area contributed by atoms with Gasteiger partial charge in [-0.3, -0.25) is 14.6 Å². The van der Waals surface area contributed by atoms with Crippen molar-refractivity contribution in [1.82, 2.24) is 14.8 Å². The highest BCUT2D eigenvalue weighted by molar-refractivity contribution is 6.23. The first kappa shape index (κ1) is 18.2. The van der Waals surface area contributed by atoms with E-state index in [0.717, 1.165) is 5.71 Å². The number of allylic oxidation sites excluding steroid dienone is 1. The van der Waals surface area contributed by atoms with Crippen LogP contribution in [-0.4, -0.2) is 94.8 Å². The molecule has 1 atom stereocenters. The third kappa shape index (κ3) is 3.03. The second kappa shape index (κ2) is 7.36. The molecule has 0 saturated carbocycles. The lowest BCUT2D eigenvalue weighted by Gasteiger charge is -2.33. The highest BCUT2D eigenvalue weighted by Crippen LogP contribution is 2.22. The number of urea groups is 1. The van der Waals surface area contributed by atoms with Gasteiger partial charge in [0.25, 0.3) is 5.91 Å². The zero-order valence-corrected chi connectivity index (χ0v) is 15.7. The highest BCUT2D eigenvalue weighted by Gasteiger charge is 2.54. The van der Waals surface area contributed by atoms with Crippen molar-refractivity contribution in [2.45, 2.75) is 26.8 Å². The fraction of sp³-hybridized carbons (Fsp3) is 0.588. The second-order valence-electron chi connectivity index (χ2n) is 6.32. The minimum absolute atomic E-state index is 0.251. The van der Waals surface area contributed by atoms with Gasteiger partial charge in [-0.1, -0.05) is 17.1 Å². The lowest BCUT2D eigenvalue weighted by atomic mass is 10.1. The standard InChI is InChI=1S/C17H25N6O3/c1-5-7-8-21-15(24)13-14(20(4)17(21)25)18-16-22(13)11-12(3)19-23(16)9-10-26-6-2/h5,7,13H,6,8-11H2,1-4H3/q+1/b7-5+. The van der Waals surface area contributed by atoms with Crippen LogP contribution >= 0.6 is 0 Å². The molecule has 3 amide bonds. The Morgan fingerprint density at radius 3 is 2.85 bits per heavy atom. The Labute approximate surface area is 152 Å². The fourth-order valence-electron chi connectivity index (χ4n) is 3.23. The molecule has 140 valence electrons. The number of guanidine groups is 1. The number of carbonyl (C=O) groups excluding carboxylic acids is 2. The molecule has 3 rings (SSSR count). The fourth-order valence-corrected chi connectivity index (χ4v) is 3.23. The number of hydrazone groups is 1. The average molecular weight is 361 g/mol. The lowest BCUT2D eigenvalue weighted by molar-refractivity contribution is -0.527. The maximum atomic E-state index is 13.0. The molecule has 3 aliphatic heterocycles. The molecule has 0 aromatic carbocycles. The third-order valence-electron chi connectivity index (χ3n) is 4.49. The van der Waals surface area contributed by atoms with E-state index in [9.17, 15) is 9.59 Å². The first-order valence-electron chi connectivity index (χ1n) is 8.81. The first-order valence-corrected chi connectivity index (χ1v) is 8.81. The van der Waals surface area contributed by atoms with E-state index < -0.39 is 6.04 Å². The van der Waals surface area contributed by atoms with Crippen LogP contribution in [0, 0.1) is 0 Å². The van der Waals surface area contributed by atoms with Gasteiger partial charge in [-0.2, -0.15) is 0 Å². The van der Waals surface area contributed by atoms with Crippen molar-refractivity contribution in [2.24, 2.45) is 10.1 Å². The third-order valence-corrected chi connectivity index (χ3v) is 4.49. The molecule has 1 fully saturated rings. The zero-order chi connectivity index (χ0) is 18.8. The van der Waals surface area contributed by atoms with E-state index in [1.165, 1.54) is 9.80 Å². The summed E-state index contributed by atoms with van der Waals surface area (Å²) >= 11 is 0. The van der Waals surface area contributed by atoms with Gasteiger partial charge in [-0.05, 0) is 20.8 Å². The monoisotopic (exact) mass is 361 g/mol. The van der Waals surface area contributed by atoms with E-state index >= 15 is 0 Å². The van der Waals surface area contributed by atoms with E-state index in [1.54, 1.807) is 18.1 Å². The van der Waals surface area contributed by atoms with Crippen LogP contribution in [0.4, 0.5) is 4.79 Å². The molecule has 0 bridgehead atoms. The number of hydrogen-bond donors (Lipinski definition) is 0. The summed E-state index contributed by atoms with van der Waals surface area (Å²) in [5, 5.41) is 6.29. The summed E-state index contributed by atoms with van der Waals surface area (Å²) in [6.45, 7) is 8.15. The number of likely N-dealkylation sites (N-methyl/N-ethyl adjacent to an activating group) is 1. The molecule has 0 radical (unpaired) electrons. The Kier molecular flexibility index (Phi) is 5.17. The predicted octanol–water partition coefficient (Wildman–Crippen LogP) is 0.334. The Balaban J connectivity index is 1.92. The van der Waals surface area contributed by atoms with E-state index in [1.807, 2.05) is 31.4 Å². The van der Waals surface area contributed by atoms with Crippen LogP contribution in [-0.2, 0) is 9.53 Å². The van der Waals surface area contributed by atoms with Crippen molar-refractivity contribution < 1.29 is 18.9 Å². The SMILES string of the molecule is C/C=C/CN1C(=O)C2C(=NC3=[N+]2CC(C)=NN3CCOCC)N(C)C1=O. The summed E-state index contributed by atoms with van der Waals surface area (Å²) in [6.07, 6.45) is 3.62. The topological polar surface area (TPSA) is 80.8 Å². The summed E-state index contributed by atoms with van der Waals surface area (Å²) in [5.41, 5.74) is 0.883. The quantitative estimate of drug-likeness (QED) is 0.388. The second-order valence-corrected chi connectivity index (χ2v) is 6.32. The van der Waals surface area contributed by atoms with Crippen LogP contribution in [0.25, 0.3) is 0 Å². The first-order chi connectivity index (χ1) is 12.5. The Bertz CT molecular complexity index is 739. The summed E-state index contributed by atoms with van der Waals surface area (Å²) in [5.74, 6) is 0.800. The number of ether oxygens (including phenoxy) is 1. The molecule has 3 heterocycles. The molecule has 0 spiro atoms. The van der Waals surface area contributed by atoms with Crippen LogP contribution in [0.15, 0.2) is 22.2 Å². The van der Waals surface area contributed by atoms with Crippen LogP contribution in [0.2, 0.25) is 0 Å². The van der Waals surface area contributed by atoms with Gasteiger partial charge in [0.2, 0.25) is 11.9 Å². The normalized spacial score (nSPS) is 22.9. The molecule has 9 nitrogen and oxygen atoms in total. The zero-order valence-electron chi connectivity index (χ0n) is 15.7. The van der Waals surface area contributed by atoms with Gasteiger partial charge in [0, 0.05) is 20.2 Å². The van der Waals surface area contributed by atoms with Crippen LogP contribution < -0.4 is 0 Å². The molecule has 0 aromatic heterocycles. The van der Waals surface area contributed by atoms with Crippen molar-refractivity contribution in [1.29, 1.82) is 0 Å². The molecule has 0 aromatic rings. The van der Waals surface area contributed by atoms with Crippen molar-refractivity contribution in [3.63, 3.8) is 0 Å². The number of fused-ring (bicyclic) bond motifs is 2. The van der Waals surface area contributed by atoms with Gasteiger partial charge in [0.05, 0.1) is 12.3 Å². The number of carbonyl (C=O) groups is 2. The van der Waals surface area contributed by atoms with Crippen LogP contribution in [0.5, 0.6) is 0 Å². The number of aliphatic imine (C=N–C) groups is 1. The molecular formula is C17H25N6O3+. The van der Waals surface area contributed by atoms with Gasteiger partial charge >= 0.3 is 12.0 Å². The Morgan fingerprint density at radius 2 is 2.15 bits per heavy atom. The van der Waals surface area contributed by atoms with Crippen molar-refractivity contribution in [2.75, 3.05) is 39.9 Å². The molecule has 1 unspecified atom stereocenters. The average Bonchev–Trinajstić information content (AvgIpc) is 2.99. The predicted molar refractivity (Wildman–Crippen MR) is 97.4 cm³/mol. The number of rotatable bonds is 6. The molecule has 9 heteroatoms. The van der Waals surface area contributed by atoms with Gasteiger partial charge in [-0.15, -0.1) is 10.1 Å². The summed E-state index contributed by atoms with van der Waals surface area (Å²) in [7, 11) is 1.65. The van der Waals surface area contributed by atoms with Gasteiger partial charge in [0.1, 0.15) is 13.1 Å². The van der Waals surface area contributed by atoms with E-state index in [2.05, 4.69) is 10.1 Å². The number of hydrogen-bond acceptors (Lipinski definition) is 6. The van der Waals surface area contributed by atoms with Crippen molar-refractivity contribution in [3.8, 4) is 0 Å². The summed E-state index contributed by atoms with van der Waals surface area (Å²) in [6, 6.07) is -0.958. The maximum absolute atomic E-state index is 13.0. The van der Waals surface area contributed by atoms with Gasteiger partial charge in [0.15, 0.2) is 0 Å². The van der Waals surface area contributed by atoms with Crippen molar-refractivity contribution in [3.05, 3.63) is 12.2 Å². The highest BCUT2D eigenvalue weighted by atomic mass is 16.5. The number of imide groups is 1. The van der Waals surface area contributed by atoms with Crippen molar-refractivity contribution >= 4 is 29.4 Å². The van der Waals surface area contributed by atoms with Gasteiger partial charge in [-0.25, -0.2) is 9.37 Å². The maximum Gasteiger partial charge on any atom is 0.416 e. The molecule has 26 heavy (non-hydrogen) atoms. The van der Waals surface area contributed by atoms with Gasteiger partial charge < -0.3 is 4.74 Å². The summed E-state index contributed by atoms with van der Waals surface area (Å²) in [4.78, 5) is 32.9. The van der Waals surface area contributed by atoms with Crippen LogP contribution in [0.1, 0.15) is 20.8 Å². The minimum Gasteiger partial charge on any atom is -0.378 e. The lowest BCUT2D eigenvalue weighted by Crippen LogP contribution is -2.63. The molecule has 0 aliphatic carbocycles. The Morgan fingerprint density at radius 1 is 1.38 bits per heavy atom. The summed E-state index contributed by atoms with van der Waals surface area (Å²) < 4.78 is 7.33. The minimum atomic E-state index is -0.599. The number of amidine groups is 1. The molecule has 1 saturated heterocycles. The van der Waals surface area contributed by atoms with E-state index in [4.69, 9.17) is 4.74 Å². The van der Waals surface area contributed by atoms with Crippen LogP contribution in [0.3, 0.4) is 0 Å². The molecule has 0 N–H and O–H groups in total. The molecule has 3 aliphatic rings.